The number of benzene rings is 1. The van der Waals surface area contributed by atoms with E-state index < -0.39 is 0 Å². The van der Waals surface area contributed by atoms with Crippen molar-refractivity contribution in [1.29, 1.82) is 0 Å². The highest BCUT2D eigenvalue weighted by Gasteiger charge is 2.23. The molecule has 0 aromatic heterocycles. The maximum absolute atomic E-state index is 10.1. The number of aliphatic hydroxyl groups is 1. The van der Waals surface area contributed by atoms with Crippen LogP contribution in [0.25, 0.3) is 0 Å². The van der Waals surface area contributed by atoms with Crippen molar-refractivity contribution in [3.8, 4) is 5.75 Å². The number of aliphatic hydroxyl groups excluding tert-OH is 1. The third-order valence-corrected chi connectivity index (χ3v) is 3.75. The SMILES string of the molecule is Cc1cccc(C)c1OCC(O)C1CCCC1. The summed E-state index contributed by atoms with van der Waals surface area (Å²) >= 11 is 0. The zero-order valence-corrected chi connectivity index (χ0v) is 10.8. The van der Waals surface area contributed by atoms with E-state index in [1.807, 2.05) is 32.0 Å². The van der Waals surface area contributed by atoms with Gasteiger partial charge in [-0.05, 0) is 43.7 Å². The van der Waals surface area contributed by atoms with Gasteiger partial charge in [-0.3, -0.25) is 0 Å². The first-order valence-corrected chi connectivity index (χ1v) is 6.55. The molecular formula is C15H22O2. The molecule has 1 aromatic carbocycles. The molecule has 1 N–H and O–H groups in total. The summed E-state index contributed by atoms with van der Waals surface area (Å²) in [5, 5.41) is 10.1. The number of hydrogen-bond donors (Lipinski definition) is 1. The molecule has 17 heavy (non-hydrogen) atoms. The second kappa shape index (κ2) is 5.54. The van der Waals surface area contributed by atoms with Crippen molar-refractivity contribution in [2.45, 2.75) is 45.6 Å². The summed E-state index contributed by atoms with van der Waals surface area (Å²) in [6, 6.07) is 6.12. The van der Waals surface area contributed by atoms with Crippen LogP contribution in [0.5, 0.6) is 5.75 Å². The standard InChI is InChI=1S/C15H22O2/c1-11-6-5-7-12(2)15(11)17-10-14(16)13-8-3-4-9-13/h5-7,13-14,16H,3-4,8-10H2,1-2H3. The van der Waals surface area contributed by atoms with Gasteiger partial charge in [-0.25, -0.2) is 0 Å². The van der Waals surface area contributed by atoms with Gasteiger partial charge >= 0.3 is 0 Å². The summed E-state index contributed by atoms with van der Waals surface area (Å²) in [5.41, 5.74) is 2.28. The van der Waals surface area contributed by atoms with Crippen molar-refractivity contribution in [3.05, 3.63) is 29.3 Å². The highest BCUT2D eigenvalue weighted by atomic mass is 16.5. The maximum Gasteiger partial charge on any atom is 0.125 e. The fourth-order valence-corrected chi connectivity index (χ4v) is 2.67. The maximum atomic E-state index is 10.1. The Bertz CT molecular complexity index is 347. The second-order valence-corrected chi connectivity index (χ2v) is 5.14. The Morgan fingerprint density at radius 3 is 2.41 bits per heavy atom. The van der Waals surface area contributed by atoms with Gasteiger partial charge in [0.25, 0.3) is 0 Å². The number of aryl methyl sites for hydroxylation is 2. The Morgan fingerprint density at radius 1 is 1.24 bits per heavy atom. The van der Waals surface area contributed by atoms with E-state index in [2.05, 4.69) is 0 Å². The van der Waals surface area contributed by atoms with Crippen molar-refractivity contribution in [1.82, 2.24) is 0 Å². The average molecular weight is 234 g/mol. The molecule has 2 nitrogen and oxygen atoms in total. The van der Waals surface area contributed by atoms with E-state index >= 15 is 0 Å². The van der Waals surface area contributed by atoms with Gasteiger partial charge in [-0.1, -0.05) is 31.0 Å². The lowest BCUT2D eigenvalue weighted by Crippen LogP contribution is -2.25. The van der Waals surface area contributed by atoms with Crippen molar-refractivity contribution in [3.63, 3.8) is 0 Å². The lowest BCUT2D eigenvalue weighted by molar-refractivity contribution is 0.0588. The molecule has 1 saturated carbocycles. The number of hydrogen-bond acceptors (Lipinski definition) is 2. The molecule has 0 saturated heterocycles. The van der Waals surface area contributed by atoms with Crippen molar-refractivity contribution < 1.29 is 9.84 Å². The van der Waals surface area contributed by atoms with E-state index in [1.165, 1.54) is 12.8 Å². The van der Waals surface area contributed by atoms with Crippen LogP contribution >= 0.6 is 0 Å². The number of para-hydroxylation sites is 1. The minimum absolute atomic E-state index is 0.309. The third kappa shape index (κ3) is 3.01. The minimum atomic E-state index is -0.309. The van der Waals surface area contributed by atoms with Crippen LogP contribution in [-0.4, -0.2) is 17.8 Å². The van der Waals surface area contributed by atoms with E-state index in [-0.39, 0.29) is 6.10 Å². The molecule has 1 aliphatic carbocycles. The smallest absolute Gasteiger partial charge is 0.125 e. The van der Waals surface area contributed by atoms with Gasteiger partial charge in [0.15, 0.2) is 0 Å². The van der Waals surface area contributed by atoms with Crippen LogP contribution in [0.1, 0.15) is 36.8 Å². The molecule has 1 aromatic rings. The molecule has 1 atom stereocenters. The Balaban J connectivity index is 1.92. The molecule has 0 aliphatic heterocycles. The summed E-state index contributed by atoms with van der Waals surface area (Å²) in [7, 11) is 0. The molecule has 1 aliphatic rings. The summed E-state index contributed by atoms with van der Waals surface area (Å²) in [6.45, 7) is 4.52. The van der Waals surface area contributed by atoms with E-state index in [0.29, 0.717) is 12.5 Å². The Hall–Kier alpha value is -1.02. The van der Waals surface area contributed by atoms with Gasteiger partial charge in [0.1, 0.15) is 12.4 Å². The lowest BCUT2D eigenvalue weighted by Gasteiger charge is -2.19. The zero-order chi connectivity index (χ0) is 12.3. The van der Waals surface area contributed by atoms with Gasteiger partial charge in [0.2, 0.25) is 0 Å². The average Bonchev–Trinajstić information content (AvgIpc) is 2.81. The molecule has 0 bridgehead atoms. The summed E-state index contributed by atoms with van der Waals surface area (Å²) < 4.78 is 5.79. The number of rotatable bonds is 4. The third-order valence-electron chi connectivity index (χ3n) is 3.75. The highest BCUT2D eigenvalue weighted by Crippen LogP contribution is 2.29. The molecule has 2 heteroatoms. The first kappa shape index (κ1) is 12.4. The molecule has 1 unspecified atom stereocenters. The zero-order valence-electron chi connectivity index (χ0n) is 10.8. The fraction of sp³-hybridized carbons (Fsp3) is 0.600. The van der Waals surface area contributed by atoms with Crippen LogP contribution in [0.2, 0.25) is 0 Å². The highest BCUT2D eigenvalue weighted by molar-refractivity contribution is 5.39. The lowest BCUT2D eigenvalue weighted by atomic mass is 10.0. The van der Waals surface area contributed by atoms with E-state index in [0.717, 1.165) is 29.7 Å². The van der Waals surface area contributed by atoms with Gasteiger partial charge in [-0.2, -0.15) is 0 Å². The van der Waals surface area contributed by atoms with E-state index in [9.17, 15) is 5.11 Å². The van der Waals surface area contributed by atoms with Crippen LogP contribution in [0.3, 0.4) is 0 Å². The van der Waals surface area contributed by atoms with Gasteiger partial charge < -0.3 is 9.84 Å². The molecule has 1 fully saturated rings. The Kier molecular flexibility index (Phi) is 4.06. The van der Waals surface area contributed by atoms with E-state index in [1.54, 1.807) is 0 Å². The van der Waals surface area contributed by atoms with Crippen LogP contribution in [-0.2, 0) is 0 Å². The summed E-state index contributed by atoms with van der Waals surface area (Å²) in [5.74, 6) is 1.38. The van der Waals surface area contributed by atoms with Gasteiger partial charge in [0, 0.05) is 0 Å². The van der Waals surface area contributed by atoms with E-state index in [4.69, 9.17) is 4.74 Å². The monoisotopic (exact) mass is 234 g/mol. The topological polar surface area (TPSA) is 29.5 Å². The predicted octanol–water partition coefficient (Wildman–Crippen LogP) is 3.23. The van der Waals surface area contributed by atoms with Crippen LogP contribution in [0.15, 0.2) is 18.2 Å². The van der Waals surface area contributed by atoms with Crippen LogP contribution < -0.4 is 4.74 Å². The first-order chi connectivity index (χ1) is 8.18. The quantitative estimate of drug-likeness (QED) is 0.866. The molecule has 0 spiro atoms. The molecule has 0 radical (unpaired) electrons. The normalized spacial score (nSPS) is 18.3. The Labute approximate surface area is 104 Å². The predicted molar refractivity (Wildman–Crippen MR) is 69.4 cm³/mol. The summed E-state index contributed by atoms with van der Waals surface area (Å²) in [6.07, 6.45) is 4.50. The van der Waals surface area contributed by atoms with Crippen molar-refractivity contribution in [2.75, 3.05) is 6.61 Å². The minimum Gasteiger partial charge on any atom is -0.490 e. The summed E-state index contributed by atoms with van der Waals surface area (Å²) in [4.78, 5) is 0. The fourth-order valence-electron chi connectivity index (χ4n) is 2.67. The van der Waals surface area contributed by atoms with Crippen molar-refractivity contribution >= 4 is 0 Å². The molecule has 0 amide bonds. The first-order valence-electron chi connectivity index (χ1n) is 6.55. The van der Waals surface area contributed by atoms with Gasteiger partial charge in [0.05, 0.1) is 6.10 Å². The largest absolute Gasteiger partial charge is 0.490 e. The molecule has 2 rings (SSSR count). The van der Waals surface area contributed by atoms with Crippen LogP contribution in [0.4, 0.5) is 0 Å². The molecular weight excluding hydrogens is 212 g/mol. The van der Waals surface area contributed by atoms with Gasteiger partial charge in [-0.15, -0.1) is 0 Å². The second-order valence-electron chi connectivity index (χ2n) is 5.14. The van der Waals surface area contributed by atoms with Crippen LogP contribution in [0, 0.1) is 19.8 Å². The molecule has 0 heterocycles. The van der Waals surface area contributed by atoms with Crippen molar-refractivity contribution in [2.24, 2.45) is 5.92 Å². The molecule has 94 valence electrons. The number of ether oxygens (including phenoxy) is 1. The Morgan fingerprint density at radius 2 is 1.82 bits per heavy atom.